The Morgan fingerprint density at radius 2 is 1.88 bits per heavy atom. The largest absolute Gasteiger partial charge is 0.489 e. The Labute approximate surface area is 237 Å². The van der Waals surface area contributed by atoms with E-state index in [9.17, 15) is 9.59 Å². The third-order valence-electron chi connectivity index (χ3n) is 6.47. The molecule has 1 unspecified atom stereocenters. The van der Waals surface area contributed by atoms with Crippen molar-refractivity contribution < 1.29 is 19.1 Å². The normalized spacial score (nSPS) is 16.1. The van der Waals surface area contributed by atoms with Gasteiger partial charge in [-0.3, -0.25) is 9.78 Å². The van der Waals surface area contributed by atoms with E-state index in [4.69, 9.17) is 14.5 Å². The van der Waals surface area contributed by atoms with Crippen molar-refractivity contribution in [3.63, 3.8) is 0 Å². The van der Waals surface area contributed by atoms with Crippen LogP contribution in [0.1, 0.15) is 43.0 Å². The van der Waals surface area contributed by atoms with Gasteiger partial charge < -0.3 is 19.7 Å². The van der Waals surface area contributed by atoms with Gasteiger partial charge in [0.2, 0.25) is 5.91 Å². The minimum Gasteiger partial charge on any atom is -0.489 e. The number of esters is 1. The molecule has 0 fully saturated rings. The predicted octanol–water partition coefficient (Wildman–Crippen LogP) is 5.51. The van der Waals surface area contributed by atoms with Crippen LogP contribution in [-0.2, 0) is 27.5 Å². The fourth-order valence-corrected chi connectivity index (χ4v) is 5.56. The second-order valence-electron chi connectivity index (χ2n) is 9.28. The van der Waals surface area contributed by atoms with Crippen molar-refractivity contribution in [3.8, 4) is 5.75 Å². The molecule has 0 bridgehead atoms. The molecule has 1 atom stereocenters. The Hall–Kier alpha value is -4.37. The van der Waals surface area contributed by atoms with E-state index in [2.05, 4.69) is 10.3 Å². The molecule has 204 valence electrons. The summed E-state index contributed by atoms with van der Waals surface area (Å²) in [6.07, 6.45) is 3.55. The molecule has 1 amide bonds. The van der Waals surface area contributed by atoms with Crippen LogP contribution in [0.15, 0.2) is 106 Å². The fraction of sp³-hybridized carbons (Fsp3) is 0.226. The average molecular weight is 555 g/mol. The molecule has 2 aliphatic heterocycles. The Morgan fingerprint density at radius 1 is 1.05 bits per heavy atom. The third-order valence-corrected chi connectivity index (χ3v) is 7.36. The van der Waals surface area contributed by atoms with E-state index in [0.29, 0.717) is 35.3 Å². The van der Waals surface area contributed by atoms with E-state index in [0.717, 1.165) is 22.4 Å². The van der Waals surface area contributed by atoms with Crippen LogP contribution in [0.25, 0.3) is 0 Å². The highest BCUT2D eigenvalue weighted by molar-refractivity contribution is 8.16. The van der Waals surface area contributed by atoms with E-state index in [1.165, 1.54) is 11.8 Å². The summed E-state index contributed by atoms with van der Waals surface area (Å²) in [6.45, 7) is 4.64. The first-order valence-electron chi connectivity index (χ1n) is 13.1. The summed E-state index contributed by atoms with van der Waals surface area (Å²) in [7, 11) is 0. The topological polar surface area (TPSA) is 93.1 Å². The van der Waals surface area contributed by atoms with Gasteiger partial charge in [-0.15, -0.1) is 0 Å². The van der Waals surface area contributed by atoms with Crippen molar-refractivity contribution in [2.24, 2.45) is 4.99 Å². The molecule has 40 heavy (non-hydrogen) atoms. The van der Waals surface area contributed by atoms with Crippen molar-refractivity contribution >= 4 is 28.8 Å². The zero-order valence-electron chi connectivity index (χ0n) is 22.4. The van der Waals surface area contributed by atoms with Gasteiger partial charge in [0.25, 0.3) is 0 Å². The molecule has 2 aromatic carbocycles. The lowest BCUT2D eigenvalue weighted by atomic mass is 9.93. The zero-order chi connectivity index (χ0) is 27.9. The number of ether oxygens (including phenoxy) is 2. The number of aliphatic imine (C=N–C) groups is 1. The Bertz CT molecular complexity index is 1470. The summed E-state index contributed by atoms with van der Waals surface area (Å²) in [5, 5.41) is 5.59. The maximum absolute atomic E-state index is 13.2. The second kappa shape index (κ2) is 12.7. The number of carbonyl (C=O) groups excluding carboxylic acids is 2. The molecule has 0 saturated heterocycles. The second-order valence-corrected chi connectivity index (χ2v) is 10.1. The number of aromatic nitrogens is 1. The Balaban J connectivity index is 1.41. The van der Waals surface area contributed by atoms with Crippen LogP contribution in [0, 0.1) is 0 Å². The van der Waals surface area contributed by atoms with Gasteiger partial charge in [-0.05, 0) is 54.1 Å². The molecule has 8 nitrogen and oxygen atoms in total. The monoisotopic (exact) mass is 554 g/mol. The van der Waals surface area contributed by atoms with Crippen LogP contribution in [0.2, 0.25) is 0 Å². The van der Waals surface area contributed by atoms with Crippen LogP contribution in [0.5, 0.6) is 5.75 Å². The molecule has 0 aliphatic carbocycles. The highest BCUT2D eigenvalue weighted by Crippen LogP contribution is 2.45. The van der Waals surface area contributed by atoms with E-state index in [-0.39, 0.29) is 18.9 Å². The zero-order valence-corrected chi connectivity index (χ0v) is 23.2. The minimum atomic E-state index is -0.529. The quantitative estimate of drug-likeness (QED) is 0.331. The van der Waals surface area contributed by atoms with Crippen molar-refractivity contribution in [3.05, 3.63) is 118 Å². The highest BCUT2D eigenvalue weighted by atomic mass is 32.2. The molecule has 3 heterocycles. The average Bonchev–Trinajstić information content (AvgIpc) is 3.37. The molecule has 0 spiro atoms. The smallest absolute Gasteiger partial charge is 0.338 e. The predicted molar refractivity (Wildman–Crippen MR) is 155 cm³/mol. The Kier molecular flexibility index (Phi) is 8.61. The molecule has 0 radical (unpaired) electrons. The molecule has 0 saturated carbocycles. The number of nitrogens with one attached hydrogen (secondary N) is 1. The third kappa shape index (κ3) is 6.26. The van der Waals surface area contributed by atoms with Crippen LogP contribution < -0.4 is 10.1 Å². The molecule has 9 heteroatoms. The van der Waals surface area contributed by atoms with E-state index < -0.39 is 12.0 Å². The fourth-order valence-electron chi connectivity index (χ4n) is 4.60. The Morgan fingerprint density at radius 3 is 2.65 bits per heavy atom. The SMILES string of the molecule is CCOC(=O)C1=C(C)N=C2SC=C(CC(=O)NCc3cccnc3)N2C1c1cccc(OCc2ccccc2)c1. The standard InChI is InChI=1S/C31H30N4O4S/c1-3-38-30(37)28-21(2)34-31-35(25(20-40-31)16-27(36)33-18-23-11-8-14-32-17-23)29(28)24-12-7-13-26(15-24)39-19-22-9-5-4-6-10-22/h4-15,17,20,29H,3,16,18-19H2,1-2H3,(H,33,36). The number of fused-ring (bicyclic) bond motifs is 1. The number of nitrogens with zero attached hydrogens (tertiary/aromatic N) is 3. The first-order valence-corrected chi connectivity index (χ1v) is 13.9. The van der Waals surface area contributed by atoms with E-state index >= 15 is 0 Å². The summed E-state index contributed by atoms with van der Waals surface area (Å²) in [6, 6.07) is 20.9. The van der Waals surface area contributed by atoms with Crippen molar-refractivity contribution in [1.29, 1.82) is 0 Å². The maximum Gasteiger partial charge on any atom is 0.338 e. The summed E-state index contributed by atoms with van der Waals surface area (Å²) in [4.78, 5) is 37.0. The van der Waals surface area contributed by atoms with Gasteiger partial charge in [0.15, 0.2) is 5.17 Å². The van der Waals surface area contributed by atoms with Crippen LogP contribution in [0.4, 0.5) is 0 Å². The first kappa shape index (κ1) is 27.2. The lowest BCUT2D eigenvalue weighted by Gasteiger charge is -2.36. The molecular weight excluding hydrogens is 524 g/mol. The lowest BCUT2D eigenvalue weighted by Crippen LogP contribution is -2.38. The number of amidine groups is 1. The van der Waals surface area contributed by atoms with Crippen LogP contribution in [-0.4, -0.2) is 33.5 Å². The van der Waals surface area contributed by atoms with Gasteiger partial charge in [-0.1, -0.05) is 60.3 Å². The summed E-state index contributed by atoms with van der Waals surface area (Å²) < 4.78 is 11.6. The van der Waals surface area contributed by atoms with E-state index in [1.54, 1.807) is 19.3 Å². The molecule has 5 rings (SSSR count). The first-order chi connectivity index (χ1) is 19.5. The molecule has 1 aromatic heterocycles. The van der Waals surface area contributed by atoms with Gasteiger partial charge in [-0.25, -0.2) is 9.79 Å². The number of hydrogen-bond acceptors (Lipinski definition) is 8. The molecule has 3 aromatic rings. The van der Waals surface area contributed by atoms with Crippen molar-refractivity contribution in [2.75, 3.05) is 6.61 Å². The van der Waals surface area contributed by atoms with Crippen molar-refractivity contribution in [1.82, 2.24) is 15.2 Å². The molecular formula is C31H30N4O4S. The van der Waals surface area contributed by atoms with Crippen LogP contribution >= 0.6 is 11.8 Å². The minimum absolute atomic E-state index is 0.127. The van der Waals surface area contributed by atoms with Gasteiger partial charge in [0.1, 0.15) is 12.4 Å². The number of benzene rings is 2. The molecule has 1 N–H and O–H groups in total. The van der Waals surface area contributed by atoms with Crippen molar-refractivity contribution in [2.45, 2.75) is 39.5 Å². The number of hydrogen-bond donors (Lipinski definition) is 1. The molecule has 2 aliphatic rings. The highest BCUT2D eigenvalue weighted by Gasteiger charge is 2.41. The summed E-state index contributed by atoms with van der Waals surface area (Å²) in [5.41, 5.74) is 4.59. The lowest BCUT2D eigenvalue weighted by molar-refractivity contribution is -0.139. The van der Waals surface area contributed by atoms with Crippen LogP contribution in [0.3, 0.4) is 0 Å². The summed E-state index contributed by atoms with van der Waals surface area (Å²) >= 11 is 1.44. The van der Waals surface area contributed by atoms with Gasteiger partial charge >= 0.3 is 5.97 Å². The van der Waals surface area contributed by atoms with Gasteiger partial charge in [-0.2, -0.15) is 0 Å². The number of pyridine rings is 1. The number of allylic oxidation sites excluding steroid dienone is 1. The number of rotatable bonds is 10. The van der Waals surface area contributed by atoms with Gasteiger partial charge in [0, 0.05) is 24.6 Å². The number of carbonyl (C=O) groups is 2. The van der Waals surface area contributed by atoms with Gasteiger partial charge in [0.05, 0.1) is 30.3 Å². The maximum atomic E-state index is 13.2. The van der Waals surface area contributed by atoms with E-state index in [1.807, 2.05) is 84.0 Å². The number of thioether (sulfide) groups is 1. The number of amides is 1. The summed E-state index contributed by atoms with van der Waals surface area (Å²) in [5.74, 6) is 0.109.